The number of alkyl halides is 1. The second kappa shape index (κ2) is 5.76. The third-order valence-electron chi connectivity index (χ3n) is 2.86. The van der Waals surface area contributed by atoms with E-state index >= 15 is 0 Å². The van der Waals surface area contributed by atoms with E-state index in [0.29, 0.717) is 5.82 Å². The number of carbonyl (C=O) groups is 1. The lowest BCUT2D eigenvalue weighted by molar-refractivity contribution is -0.114. The number of nitriles is 1. The minimum atomic E-state index is -0.344. The predicted octanol–water partition coefficient (Wildman–Crippen LogP) is 2.54. The topological polar surface area (TPSA) is 70.7 Å². The number of anilines is 1. The average molecular weight is 289 g/mol. The highest BCUT2D eigenvalue weighted by atomic mass is 35.5. The Labute approximate surface area is 121 Å². The molecule has 1 aromatic heterocycles. The first-order chi connectivity index (χ1) is 9.56. The molecule has 0 bridgehead atoms. The van der Waals surface area contributed by atoms with Crippen molar-refractivity contribution < 1.29 is 4.79 Å². The van der Waals surface area contributed by atoms with E-state index in [2.05, 4.69) is 10.4 Å². The van der Waals surface area contributed by atoms with Gasteiger partial charge < -0.3 is 5.32 Å². The van der Waals surface area contributed by atoms with Crippen molar-refractivity contribution in [3.8, 4) is 11.8 Å². The third-order valence-corrected chi connectivity index (χ3v) is 3.11. The molecule has 1 aromatic carbocycles. The highest BCUT2D eigenvalue weighted by molar-refractivity contribution is 6.29. The van der Waals surface area contributed by atoms with Crippen LogP contribution in [0, 0.1) is 25.2 Å². The van der Waals surface area contributed by atoms with Gasteiger partial charge in [-0.1, -0.05) is 18.2 Å². The van der Waals surface area contributed by atoms with Crippen LogP contribution in [0.25, 0.3) is 5.69 Å². The number of rotatable bonds is 3. The van der Waals surface area contributed by atoms with Gasteiger partial charge >= 0.3 is 0 Å². The summed E-state index contributed by atoms with van der Waals surface area (Å²) in [7, 11) is 0. The van der Waals surface area contributed by atoms with Crippen molar-refractivity contribution in [3.63, 3.8) is 0 Å². The molecule has 1 N–H and O–H groups in total. The Bertz CT molecular complexity index is 679. The fourth-order valence-electron chi connectivity index (χ4n) is 2.01. The first-order valence-corrected chi connectivity index (χ1v) is 6.53. The Hall–Kier alpha value is -2.32. The molecule has 5 nitrogen and oxygen atoms in total. The first-order valence-electron chi connectivity index (χ1n) is 5.99. The predicted molar refractivity (Wildman–Crippen MR) is 77.1 cm³/mol. The van der Waals surface area contributed by atoms with E-state index in [1.165, 1.54) is 6.07 Å². The van der Waals surface area contributed by atoms with Crippen LogP contribution in [0.2, 0.25) is 0 Å². The Morgan fingerprint density at radius 1 is 1.45 bits per heavy atom. The van der Waals surface area contributed by atoms with E-state index < -0.39 is 0 Å². The molecule has 1 amide bonds. The Morgan fingerprint density at radius 2 is 2.10 bits per heavy atom. The van der Waals surface area contributed by atoms with Gasteiger partial charge in [0.1, 0.15) is 17.8 Å². The zero-order valence-corrected chi connectivity index (χ0v) is 11.9. The lowest BCUT2D eigenvalue weighted by Gasteiger charge is -2.13. The van der Waals surface area contributed by atoms with E-state index in [-0.39, 0.29) is 17.5 Å². The second-order valence-electron chi connectivity index (χ2n) is 4.36. The number of para-hydroxylation sites is 1. The minimum Gasteiger partial charge on any atom is -0.310 e. The van der Waals surface area contributed by atoms with Crippen LogP contribution in [0.3, 0.4) is 0 Å². The summed E-state index contributed by atoms with van der Waals surface area (Å²) in [4.78, 5) is 11.5. The van der Waals surface area contributed by atoms with Crippen molar-refractivity contribution in [2.75, 3.05) is 11.2 Å². The highest BCUT2D eigenvalue weighted by Crippen LogP contribution is 2.23. The van der Waals surface area contributed by atoms with Crippen LogP contribution in [0.5, 0.6) is 0 Å². The Balaban J connectivity index is 2.58. The minimum absolute atomic E-state index is 0.153. The number of amides is 1. The normalized spacial score (nSPS) is 10.1. The summed E-state index contributed by atoms with van der Waals surface area (Å²) in [5.41, 5.74) is 3.08. The number of aryl methyl sites for hydroxylation is 2. The zero-order chi connectivity index (χ0) is 14.7. The fraction of sp³-hybridized carbons (Fsp3) is 0.214. The number of carbonyl (C=O) groups excluding carboxylic acids is 1. The van der Waals surface area contributed by atoms with Crippen LogP contribution < -0.4 is 5.32 Å². The zero-order valence-electron chi connectivity index (χ0n) is 11.1. The van der Waals surface area contributed by atoms with Gasteiger partial charge in [-0.15, -0.1) is 11.6 Å². The van der Waals surface area contributed by atoms with Crippen molar-refractivity contribution in [2.45, 2.75) is 13.8 Å². The van der Waals surface area contributed by atoms with Crippen molar-refractivity contribution in [1.29, 1.82) is 5.26 Å². The summed E-state index contributed by atoms with van der Waals surface area (Å²) < 4.78 is 1.56. The number of halogens is 1. The summed E-state index contributed by atoms with van der Waals surface area (Å²) in [5, 5.41) is 15.8. The molecule has 0 saturated carbocycles. The van der Waals surface area contributed by atoms with Gasteiger partial charge in [0.05, 0.1) is 5.69 Å². The molecule has 102 valence electrons. The summed E-state index contributed by atoms with van der Waals surface area (Å²) >= 11 is 5.50. The third kappa shape index (κ3) is 2.65. The van der Waals surface area contributed by atoms with Gasteiger partial charge in [0.15, 0.2) is 5.69 Å². The molecule has 1 heterocycles. The lowest BCUT2D eigenvalue weighted by Crippen LogP contribution is -2.16. The van der Waals surface area contributed by atoms with Gasteiger partial charge in [-0.05, 0) is 25.0 Å². The molecular weight excluding hydrogens is 276 g/mol. The SMILES string of the molecule is Cc1cccc(C)c1-n1nc(C#N)cc1NC(=O)CCl. The van der Waals surface area contributed by atoms with Crippen LogP contribution in [0.15, 0.2) is 24.3 Å². The highest BCUT2D eigenvalue weighted by Gasteiger charge is 2.14. The summed E-state index contributed by atoms with van der Waals surface area (Å²) in [6, 6.07) is 9.34. The van der Waals surface area contributed by atoms with Crippen LogP contribution in [0.4, 0.5) is 5.82 Å². The molecule has 0 radical (unpaired) electrons. The fourth-order valence-corrected chi connectivity index (χ4v) is 2.08. The monoisotopic (exact) mass is 288 g/mol. The Kier molecular flexibility index (Phi) is 4.06. The number of nitrogens with one attached hydrogen (secondary N) is 1. The maximum Gasteiger partial charge on any atom is 0.240 e. The molecule has 0 atom stereocenters. The number of hydrogen-bond donors (Lipinski definition) is 1. The summed E-state index contributed by atoms with van der Waals surface area (Å²) in [6.45, 7) is 3.90. The van der Waals surface area contributed by atoms with Gasteiger partial charge in [0, 0.05) is 6.07 Å². The van der Waals surface area contributed by atoms with E-state index in [4.69, 9.17) is 16.9 Å². The summed E-state index contributed by atoms with van der Waals surface area (Å²) in [5.74, 6) is -0.0621. The van der Waals surface area contributed by atoms with E-state index in [1.54, 1.807) is 4.68 Å². The summed E-state index contributed by atoms with van der Waals surface area (Å²) in [6.07, 6.45) is 0. The maximum absolute atomic E-state index is 11.5. The average Bonchev–Trinajstić information content (AvgIpc) is 2.81. The number of aromatic nitrogens is 2. The number of nitrogens with zero attached hydrogens (tertiary/aromatic N) is 3. The van der Waals surface area contributed by atoms with Crippen molar-refractivity contribution in [1.82, 2.24) is 9.78 Å². The van der Waals surface area contributed by atoms with Gasteiger partial charge in [-0.3, -0.25) is 4.79 Å². The molecule has 0 aliphatic rings. The van der Waals surface area contributed by atoms with Crippen molar-refractivity contribution in [3.05, 3.63) is 41.1 Å². The van der Waals surface area contributed by atoms with Gasteiger partial charge in [0.2, 0.25) is 5.91 Å². The van der Waals surface area contributed by atoms with Gasteiger partial charge in [-0.25, -0.2) is 4.68 Å². The molecule has 0 aliphatic carbocycles. The quantitative estimate of drug-likeness (QED) is 0.882. The molecule has 0 saturated heterocycles. The number of hydrogen-bond acceptors (Lipinski definition) is 3. The lowest BCUT2D eigenvalue weighted by atomic mass is 10.1. The van der Waals surface area contributed by atoms with Crippen LogP contribution in [0.1, 0.15) is 16.8 Å². The molecule has 2 rings (SSSR count). The largest absolute Gasteiger partial charge is 0.310 e. The number of benzene rings is 1. The maximum atomic E-state index is 11.5. The smallest absolute Gasteiger partial charge is 0.240 e. The second-order valence-corrected chi connectivity index (χ2v) is 4.63. The van der Waals surface area contributed by atoms with Crippen LogP contribution in [-0.2, 0) is 4.79 Å². The van der Waals surface area contributed by atoms with Crippen molar-refractivity contribution >= 4 is 23.3 Å². The van der Waals surface area contributed by atoms with E-state index in [1.807, 2.05) is 38.1 Å². The standard InChI is InChI=1S/C14H13ClN4O/c1-9-4-3-5-10(2)14(9)19-12(17-13(20)7-15)6-11(8-16)18-19/h3-6H,7H2,1-2H3,(H,17,20). The Morgan fingerprint density at radius 3 is 2.65 bits per heavy atom. The van der Waals surface area contributed by atoms with E-state index in [9.17, 15) is 4.79 Å². The molecule has 2 aromatic rings. The molecule has 0 aliphatic heterocycles. The van der Waals surface area contributed by atoms with Crippen molar-refractivity contribution in [2.24, 2.45) is 0 Å². The molecule has 6 heteroatoms. The van der Waals surface area contributed by atoms with Crippen LogP contribution >= 0.6 is 11.6 Å². The van der Waals surface area contributed by atoms with Gasteiger partial charge in [-0.2, -0.15) is 10.4 Å². The van der Waals surface area contributed by atoms with E-state index in [0.717, 1.165) is 16.8 Å². The van der Waals surface area contributed by atoms with Crippen LogP contribution in [-0.4, -0.2) is 21.6 Å². The molecule has 20 heavy (non-hydrogen) atoms. The molecule has 0 spiro atoms. The molecule has 0 unspecified atom stereocenters. The first kappa shape index (κ1) is 14.1. The molecule has 0 fully saturated rings. The van der Waals surface area contributed by atoms with Gasteiger partial charge in [0.25, 0.3) is 0 Å². The molecular formula is C14H13ClN4O.